The number of hydrogen-bond donors (Lipinski definition) is 0. The molecule has 0 fully saturated rings. The number of rotatable bonds is 3. The second-order valence-electron chi connectivity index (χ2n) is 5.46. The van der Waals surface area contributed by atoms with Crippen LogP contribution >= 0.6 is 43.5 Å². The minimum Gasteiger partial charge on any atom is -0.462 e. The van der Waals surface area contributed by atoms with E-state index in [0.29, 0.717) is 22.0 Å². The van der Waals surface area contributed by atoms with Crippen molar-refractivity contribution in [2.45, 2.75) is 16.4 Å². The first-order valence-corrected chi connectivity index (χ1v) is 9.84. The summed E-state index contributed by atoms with van der Waals surface area (Å²) in [6.07, 6.45) is 0. The van der Waals surface area contributed by atoms with Crippen molar-refractivity contribution < 1.29 is 19.1 Å². The van der Waals surface area contributed by atoms with Gasteiger partial charge in [0, 0.05) is 10.6 Å². The number of ether oxygens (including phenoxy) is 2. The lowest BCUT2D eigenvalue weighted by Crippen LogP contribution is -2.59. The zero-order valence-electron chi connectivity index (χ0n) is 13.6. The summed E-state index contributed by atoms with van der Waals surface area (Å²) in [4.78, 5) is 26.3. The van der Waals surface area contributed by atoms with Crippen LogP contribution in [-0.2, 0) is 9.53 Å². The number of anilines is 1. The Balaban J connectivity index is 2.12. The normalized spacial score (nSPS) is 21.5. The van der Waals surface area contributed by atoms with Gasteiger partial charge in [-0.15, -0.1) is 0 Å². The summed E-state index contributed by atoms with van der Waals surface area (Å²) < 4.78 is 9.38. The first kappa shape index (κ1) is 19.2. The molecule has 0 spiro atoms. The van der Waals surface area contributed by atoms with E-state index in [4.69, 9.17) is 21.1 Å². The molecule has 0 saturated carbocycles. The van der Waals surface area contributed by atoms with Crippen molar-refractivity contribution in [1.82, 2.24) is 0 Å². The zero-order valence-corrected chi connectivity index (χ0v) is 17.5. The van der Waals surface area contributed by atoms with E-state index >= 15 is 0 Å². The number of amides is 1. The lowest BCUT2D eigenvalue weighted by molar-refractivity contribution is -0.153. The molecule has 1 aliphatic rings. The molecule has 0 bridgehead atoms. The van der Waals surface area contributed by atoms with Gasteiger partial charge in [-0.05, 0) is 53.2 Å². The molecule has 5 nitrogen and oxygen atoms in total. The summed E-state index contributed by atoms with van der Waals surface area (Å²) >= 11 is 12.9. The molecule has 0 saturated heterocycles. The van der Waals surface area contributed by atoms with Gasteiger partial charge in [-0.2, -0.15) is 0 Å². The SMILES string of the molecule is CCOC(=O)C1(Br)Oc2ccc(Cl)cc2N(C(=O)c2ccccc2)C1Br. The number of hydrogen-bond acceptors (Lipinski definition) is 4. The fraction of sp³-hybridized carbons (Fsp3) is 0.222. The largest absolute Gasteiger partial charge is 0.462 e. The molecule has 26 heavy (non-hydrogen) atoms. The van der Waals surface area contributed by atoms with E-state index in [-0.39, 0.29) is 12.5 Å². The number of nitrogens with zero attached hydrogens (tertiary/aromatic N) is 1. The van der Waals surface area contributed by atoms with Crippen molar-refractivity contribution in [3.8, 4) is 5.75 Å². The molecule has 0 aliphatic carbocycles. The Morgan fingerprint density at radius 3 is 2.62 bits per heavy atom. The van der Waals surface area contributed by atoms with E-state index < -0.39 is 15.4 Å². The molecule has 1 aliphatic heterocycles. The molecule has 0 radical (unpaired) electrons. The van der Waals surface area contributed by atoms with Gasteiger partial charge in [0.2, 0.25) is 0 Å². The Hall–Kier alpha value is -1.57. The Bertz CT molecular complexity index is 848. The van der Waals surface area contributed by atoms with Crippen LogP contribution in [0.1, 0.15) is 17.3 Å². The third-order valence-corrected chi connectivity index (χ3v) is 6.59. The van der Waals surface area contributed by atoms with E-state index in [0.717, 1.165) is 0 Å². The summed E-state index contributed by atoms with van der Waals surface area (Å²) in [5.74, 6) is -0.625. The molecule has 2 aromatic carbocycles. The van der Waals surface area contributed by atoms with Crippen LogP contribution in [0.25, 0.3) is 0 Å². The second kappa shape index (κ2) is 7.58. The van der Waals surface area contributed by atoms with Gasteiger partial charge >= 0.3 is 5.97 Å². The van der Waals surface area contributed by atoms with Gasteiger partial charge in [-0.25, -0.2) is 4.79 Å². The molecular formula is C18H14Br2ClNO4. The lowest BCUT2D eigenvalue weighted by Gasteiger charge is -2.42. The minimum atomic E-state index is -1.60. The Morgan fingerprint density at radius 1 is 1.27 bits per heavy atom. The number of benzene rings is 2. The molecule has 136 valence electrons. The van der Waals surface area contributed by atoms with Crippen molar-refractivity contribution in [2.24, 2.45) is 0 Å². The van der Waals surface area contributed by atoms with Crippen LogP contribution in [0, 0.1) is 0 Å². The van der Waals surface area contributed by atoms with Crippen LogP contribution in [0.15, 0.2) is 48.5 Å². The molecule has 0 N–H and O–H groups in total. The molecule has 2 unspecified atom stereocenters. The van der Waals surface area contributed by atoms with Crippen LogP contribution in [-0.4, -0.2) is 27.9 Å². The van der Waals surface area contributed by atoms with Crippen LogP contribution in [0.2, 0.25) is 5.02 Å². The van der Waals surface area contributed by atoms with E-state index in [2.05, 4.69) is 31.9 Å². The van der Waals surface area contributed by atoms with E-state index in [1.54, 1.807) is 49.4 Å². The van der Waals surface area contributed by atoms with E-state index in [1.165, 1.54) is 4.90 Å². The number of halogens is 3. The highest BCUT2D eigenvalue weighted by Gasteiger charge is 2.55. The number of alkyl halides is 2. The maximum absolute atomic E-state index is 13.2. The number of fused-ring (bicyclic) bond motifs is 1. The summed E-state index contributed by atoms with van der Waals surface area (Å²) in [5.41, 5.74) is 0.913. The molecule has 2 atom stereocenters. The van der Waals surface area contributed by atoms with Gasteiger partial charge < -0.3 is 9.47 Å². The standard InChI is InChI=1S/C18H14Br2ClNO4/c1-2-25-17(24)18(20)16(19)22(15(23)11-6-4-3-5-7-11)13-10-12(21)8-9-14(13)26-18/h3-10,16H,2H2,1H3. The highest BCUT2D eigenvalue weighted by atomic mass is 79.9. The zero-order chi connectivity index (χ0) is 18.9. The molecule has 0 aromatic heterocycles. The lowest BCUT2D eigenvalue weighted by atomic mass is 10.1. The number of carbonyl (C=O) groups excluding carboxylic acids is 2. The molecule has 3 rings (SSSR count). The van der Waals surface area contributed by atoms with Crippen LogP contribution in [0.3, 0.4) is 0 Å². The topological polar surface area (TPSA) is 55.8 Å². The monoisotopic (exact) mass is 501 g/mol. The van der Waals surface area contributed by atoms with Crippen molar-refractivity contribution in [2.75, 3.05) is 11.5 Å². The predicted molar refractivity (Wildman–Crippen MR) is 106 cm³/mol. The highest BCUT2D eigenvalue weighted by Crippen LogP contribution is 2.47. The average molecular weight is 504 g/mol. The second-order valence-corrected chi connectivity index (χ2v) is 7.94. The van der Waals surface area contributed by atoms with Gasteiger partial charge in [-0.1, -0.05) is 45.7 Å². The maximum atomic E-state index is 13.2. The van der Waals surface area contributed by atoms with Gasteiger partial charge in [0.25, 0.3) is 10.4 Å². The minimum absolute atomic E-state index is 0.176. The van der Waals surface area contributed by atoms with Crippen molar-refractivity contribution in [3.05, 3.63) is 59.1 Å². The van der Waals surface area contributed by atoms with Crippen LogP contribution in [0.5, 0.6) is 5.75 Å². The summed E-state index contributed by atoms with van der Waals surface area (Å²) in [6.45, 7) is 1.87. The van der Waals surface area contributed by atoms with Crippen LogP contribution in [0.4, 0.5) is 5.69 Å². The highest BCUT2D eigenvalue weighted by molar-refractivity contribution is 9.12. The fourth-order valence-electron chi connectivity index (χ4n) is 2.56. The van der Waals surface area contributed by atoms with Crippen molar-refractivity contribution in [3.63, 3.8) is 0 Å². The third kappa shape index (κ3) is 3.35. The molecule has 2 aromatic rings. The molecule has 8 heteroatoms. The Labute approximate surface area is 172 Å². The first-order valence-electron chi connectivity index (χ1n) is 7.76. The maximum Gasteiger partial charge on any atom is 0.365 e. The average Bonchev–Trinajstić information content (AvgIpc) is 2.64. The van der Waals surface area contributed by atoms with Crippen molar-refractivity contribution >= 4 is 61.0 Å². The predicted octanol–water partition coefficient (Wildman–Crippen LogP) is 4.75. The summed E-state index contributed by atoms with van der Waals surface area (Å²) in [7, 11) is 0. The van der Waals surface area contributed by atoms with Gasteiger partial charge in [-0.3, -0.25) is 9.69 Å². The summed E-state index contributed by atoms with van der Waals surface area (Å²) in [5, 5.41) is 0.441. The van der Waals surface area contributed by atoms with Crippen LogP contribution < -0.4 is 9.64 Å². The first-order chi connectivity index (χ1) is 12.4. The third-order valence-electron chi connectivity index (χ3n) is 3.77. The number of esters is 1. The van der Waals surface area contributed by atoms with E-state index in [1.807, 2.05) is 6.07 Å². The molecule has 1 heterocycles. The van der Waals surface area contributed by atoms with E-state index in [9.17, 15) is 9.59 Å². The summed E-state index contributed by atoms with van der Waals surface area (Å²) in [6, 6.07) is 13.6. The van der Waals surface area contributed by atoms with Crippen molar-refractivity contribution in [1.29, 1.82) is 0 Å². The Morgan fingerprint density at radius 2 is 1.96 bits per heavy atom. The molecular weight excluding hydrogens is 489 g/mol. The molecule has 1 amide bonds. The van der Waals surface area contributed by atoms with Gasteiger partial charge in [0.15, 0.2) is 4.95 Å². The number of carbonyl (C=O) groups is 2. The quantitative estimate of drug-likeness (QED) is 0.345. The smallest absolute Gasteiger partial charge is 0.365 e. The van der Waals surface area contributed by atoms with Gasteiger partial charge in [0.05, 0.1) is 12.3 Å². The fourth-order valence-corrected chi connectivity index (χ4v) is 3.91. The Kier molecular flexibility index (Phi) is 5.60. The van der Waals surface area contributed by atoms with Gasteiger partial charge in [0.1, 0.15) is 5.75 Å².